The Balaban J connectivity index is 2.23. The van der Waals surface area contributed by atoms with Crippen LogP contribution < -0.4 is 5.56 Å². The number of aromatic nitrogens is 1. The standard InChI is InChI=1S/C19H13FN2OS/c1-24-16-8-4-12(5-9-16)17-10-14(11-21)19(23)22-18(17)13-2-6-15(20)7-3-13/h2-10H,1H3,(H,22,23). The van der Waals surface area contributed by atoms with E-state index in [1.807, 2.05) is 36.6 Å². The highest BCUT2D eigenvalue weighted by Crippen LogP contribution is 2.31. The first-order valence-corrected chi connectivity index (χ1v) is 8.42. The zero-order chi connectivity index (χ0) is 17.1. The summed E-state index contributed by atoms with van der Waals surface area (Å²) in [6.07, 6.45) is 1.99. The van der Waals surface area contributed by atoms with Gasteiger partial charge in [-0.3, -0.25) is 4.79 Å². The average molecular weight is 336 g/mol. The number of pyridine rings is 1. The molecule has 0 saturated heterocycles. The maximum absolute atomic E-state index is 13.2. The van der Waals surface area contributed by atoms with Gasteiger partial charge in [0.2, 0.25) is 0 Å². The molecule has 0 aliphatic rings. The Labute approximate surface area is 142 Å². The Morgan fingerprint density at radius 3 is 2.25 bits per heavy atom. The summed E-state index contributed by atoms with van der Waals surface area (Å²) in [7, 11) is 0. The second-order valence-electron chi connectivity index (χ2n) is 5.15. The normalized spacial score (nSPS) is 10.4. The van der Waals surface area contributed by atoms with Crippen LogP contribution in [0.3, 0.4) is 0 Å². The van der Waals surface area contributed by atoms with Crippen molar-refractivity contribution in [1.29, 1.82) is 5.26 Å². The van der Waals surface area contributed by atoms with Crippen LogP contribution in [0.25, 0.3) is 22.4 Å². The van der Waals surface area contributed by atoms with Crippen LogP contribution in [0, 0.1) is 17.1 Å². The van der Waals surface area contributed by atoms with Crippen LogP contribution in [0.1, 0.15) is 5.56 Å². The molecular weight excluding hydrogens is 323 g/mol. The van der Waals surface area contributed by atoms with Gasteiger partial charge in [-0.2, -0.15) is 5.26 Å². The first-order chi connectivity index (χ1) is 11.6. The summed E-state index contributed by atoms with van der Waals surface area (Å²) >= 11 is 1.63. The molecule has 24 heavy (non-hydrogen) atoms. The largest absolute Gasteiger partial charge is 0.320 e. The van der Waals surface area contributed by atoms with E-state index in [-0.39, 0.29) is 11.4 Å². The SMILES string of the molecule is CSc1ccc(-c2cc(C#N)c(=O)[nH]c2-c2ccc(F)cc2)cc1. The lowest BCUT2D eigenvalue weighted by molar-refractivity contribution is 0.628. The van der Waals surface area contributed by atoms with Crippen molar-refractivity contribution in [3.63, 3.8) is 0 Å². The summed E-state index contributed by atoms with van der Waals surface area (Å²) < 4.78 is 13.2. The molecule has 0 aliphatic carbocycles. The zero-order valence-corrected chi connectivity index (χ0v) is 13.7. The van der Waals surface area contributed by atoms with Crippen molar-refractivity contribution in [3.05, 3.63) is 76.3 Å². The summed E-state index contributed by atoms with van der Waals surface area (Å²) in [4.78, 5) is 15.9. The van der Waals surface area contributed by atoms with Crippen LogP contribution in [0.4, 0.5) is 4.39 Å². The van der Waals surface area contributed by atoms with E-state index in [2.05, 4.69) is 4.98 Å². The lowest BCUT2D eigenvalue weighted by Crippen LogP contribution is -2.12. The second kappa shape index (κ2) is 6.73. The van der Waals surface area contributed by atoms with Crippen LogP contribution in [0.5, 0.6) is 0 Å². The Bertz CT molecular complexity index is 970. The third-order valence-corrected chi connectivity index (χ3v) is 4.44. The van der Waals surface area contributed by atoms with Gasteiger partial charge < -0.3 is 4.98 Å². The molecule has 0 fully saturated rings. The molecule has 0 bridgehead atoms. The van der Waals surface area contributed by atoms with Crippen molar-refractivity contribution in [2.75, 3.05) is 6.26 Å². The Morgan fingerprint density at radius 1 is 1.04 bits per heavy atom. The van der Waals surface area contributed by atoms with Gasteiger partial charge in [0.05, 0.1) is 5.69 Å². The number of thioether (sulfide) groups is 1. The maximum atomic E-state index is 13.2. The first kappa shape index (κ1) is 16.0. The van der Waals surface area contributed by atoms with Crippen molar-refractivity contribution in [3.8, 4) is 28.5 Å². The van der Waals surface area contributed by atoms with Gasteiger partial charge in [-0.25, -0.2) is 4.39 Å². The van der Waals surface area contributed by atoms with Crippen molar-refractivity contribution in [2.24, 2.45) is 0 Å². The minimum atomic E-state index is -0.457. The molecule has 3 nitrogen and oxygen atoms in total. The number of nitrogens with zero attached hydrogens (tertiary/aromatic N) is 1. The van der Waals surface area contributed by atoms with E-state index in [1.165, 1.54) is 12.1 Å². The quantitative estimate of drug-likeness (QED) is 0.719. The number of halogens is 1. The molecule has 0 amide bonds. The second-order valence-corrected chi connectivity index (χ2v) is 6.03. The predicted octanol–water partition coefficient (Wildman–Crippen LogP) is 4.44. The fourth-order valence-corrected chi connectivity index (χ4v) is 2.86. The molecule has 0 aliphatic heterocycles. The van der Waals surface area contributed by atoms with E-state index in [0.29, 0.717) is 11.3 Å². The molecule has 0 unspecified atom stereocenters. The van der Waals surface area contributed by atoms with E-state index in [4.69, 9.17) is 5.26 Å². The summed E-state index contributed by atoms with van der Waals surface area (Å²) in [5, 5.41) is 9.15. The van der Waals surface area contributed by atoms with E-state index in [9.17, 15) is 9.18 Å². The molecule has 5 heteroatoms. The minimum Gasteiger partial charge on any atom is -0.320 e. The Morgan fingerprint density at radius 2 is 1.67 bits per heavy atom. The van der Waals surface area contributed by atoms with Gasteiger partial charge in [-0.15, -0.1) is 11.8 Å². The number of benzene rings is 2. The number of nitriles is 1. The maximum Gasteiger partial charge on any atom is 0.266 e. The molecule has 1 aromatic heterocycles. The topological polar surface area (TPSA) is 56.6 Å². The third-order valence-electron chi connectivity index (χ3n) is 3.70. The van der Waals surface area contributed by atoms with E-state index in [1.54, 1.807) is 30.0 Å². The highest BCUT2D eigenvalue weighted by Gasteiger charge is 2.12. The van der Waals surface area contributed by atoms with E-state index >= 15 is 0 Å². The zero-order valence-electron chi connectivity index (χ0n) is 12.8. The van der Waals surface area contributed by atoms with Crippen LogP contribution in [0.2, 0.25) is 0 Å². The van der Waals surface area contributed by atoms with Crippen LogP contribution >= 0.6 is 11.8 Å². The smallest absolute Gasteiger partial charge is 0.266 e. The molecule has 0 spiro atoms. The van der Waals surface area contributed by atoms with Crippen LogP contribution in [-0.2, 0) is 0 Å². The highest BCUT2D eigenvalue weighted by atomic mass is 32.2. The molecule has 0 saturated carbocycles. The van der Waals surface area contributed by atoms with Crippen LogP contribution in [-0.4, -0.2) is 11.2 Å². The number of H-pyrrole nitrogens is 1. The van der Waals surface area contributed by atoms with E-state index in [0.717, 1.165) is 16.0 Å². The summed E-state index contributed by atoms with van der Waals surface area (Å²) in [6, 6.07) is 17.2. The third kappa shape index (κ3) is 3.10. The number of aromatic amines is 1. The van der Waals surface area contributed by atoms with Gasteiger partial charge in [-0.05, 0) is 59.8 Å². The van der Waals surface area contributed by atoms with Gasteiger partial charge >= 0.3 is 0 Å². The van der Waals surface area contributed by atoms with Gasteiger partial charge in [0.25, 0.3) is 5.56 Å². The lowest BCUT2D eigenvalue weighted by Gasteiger charge is -2.11. The summed E-state index contributed by atoms with van der Waals surface area (Å²) in [5.41, 5.74) is 2.44. The number of rotatable bonds is 3. The summed E-state index contributed by atoms with van der Waals surface area (Å²) in [5.74, 6) is -0.347. The number of nitrogens with one attached hydrogen (secondary N) is 1. The fourth-order valence-electron chi connectivity index (χ4n) is 2.46. The fraction of sp³-hybridized carbons (Fsp3) is 0.0526. The molecule has 3 aromatic rings. The van der Waals surface area contributed by atoms with Gasteiger partial charge in [0, 0.05) is 10.5 Å². The van der Waals surface area contributed by atoms with Gasteiger partial charge in [0.15, 0.2) is 0 Å². The molecular formula is C19H13FN2OS. The molecule has 2 aromatic carbocycles. The monoisotopic (exact) mass is 336 g/mol. The molecule has 0 radical (unpaired) electrons. The number of hydrogen-bond acceptors (Lipinski definition) is 3. The molecule has 3 rings (SSSR count). The predicted molar refractivity (Wildman–Crippen MR) is 94.4 cm³/mol. The molecule has 0 atom stereocenters. The van der Waals surface area contributed by atoms with Gasteiger partial charge in [0.1, 0.15) is 17.4 Å². The molecule has 1 N–H and O–H groups in total. The van der Waals surface area contributed by atoms with Gasteiger partial charge in [-0.1, -0.05) is 12.1 Å². The minimum absolute atomic E-state index is 0.0461. The van der Waals surface area contributed by atoms with E-state index < -0.39 is 5.56 Å². The first-order valence-electron chi connectivity index (χ1n) is 7.20. The van der Waals surface area contributed by atoms with Crippen molar-refractivity contribution in [2.45, 2.75) is 4.90 Å². The molecule has 118 valence electrons. The van der Waals surface area contributed by atoms with Crippen LogP contribution in [0.15, 0.2) is 64.3 Å². The summed E-state index contributed by atoms with van der Waals surface area (Å²) in [6.45, 7) is 0. The Hall–Kier alpha value is -2.84. The highest BCUT2D eigenvalue weighted by molar-refractivity contribution is 7.98. The lowest BCUT2D eigenvalue weighted by atomic mass is 9.98. The average Bonchev–Trinajstić information content (AvgIpc) is 2.62. The number of hydrogen-bond donors (Lipinski definition) is 1. The van der Waals surface area contributed by atoms with Crippen molar-refractivity contribution < 1.29 is 4.39 Å². The molecule has 1 heterocycles. The van der Waals surface area contributed by atoms with Crippen molar-refractivity contribution in [1.82, 2.24) is 4.98 Å². The Kier molecular flexibility index (Phi) is 4.50. The van der Waals surface area contributed by atoms with Crippen molar-refractivity contribution >= 4 is 11.8 Å².